The third-order valence-electron chi connectivity index (χ3n) is 27.5. The molecule has 700 valence electrons. The van der Waals surface area contributed by atoms with Gasteiger partial charge in [-0.15, -0.1) is 0 Å². The van der Waals surface area contributed by atoms with Gasteiger partial charge in [0.25, 0.3) is 0 Å². The number of piperidine rings is 4. The maximum atomic E-state index is 13.0. The lowest BCUT2D eigenvalue weighted by Gasteiger charge is -2.53. The van der Waals surface area contributed by atoms with Gasteiger partial charge in [0.05, 0.1) is 30.3 Å². The van der Waals surface area contributed by atoms with Gasteiger partial charge in [-0.3, -0.25) is 4.57 Å². The summed E-state index contributed by atoms with van der Waals surface area (Å²) in [5, 5.41) is 94.7. The van der Waals surface area contributed by atoms with E-state index in [1.807, 2.05) is 171 Å². The molecule has 0 amide bonds. The summed E-state index contributed by atoms with van der Waals surface area (Å²) in [6.45, 7) is 63.2. The van der Waals surface area contributed by atoms with Gasteiger partial charge in [-0.05, 0) is 335 Å². The van der Waals surface area contributed by atoms with Gasteiger partial charge in [-0.1, -0.05) is 208 Å². The fraction of sp³-hybridized carbons (Fsp3) is 0.765. The van der Waals surface area contributed by atoms with Crippen LogP contribution in [0.3, 0.4) is 0 Å². The Kier molecular flexibility index (Phi) is 39.2. The number of hydrogen-bond acceptors (Lipinski definition) is 19. The molecule has 4 saturated heterocycles. The van der Waals surface area contributed by atoms with Crippen LogP contribution in [0.1, 0.15) is 422 Å². The zero-order valence-electron chi connectivity index (χ0n) is 83.0. The summed E-state index contributed by atoms with van der Waals surface area (Å²) < 4.78 is 23.8. The number of hydroxylamine groups is 16. The van der Waals surface area contributed by atoms with Crippen LogP contribution >= 0.6 is 7.60 Å². The quantitative estimate of drug-likeness (QED) is 0.0516. The molecule has 20 heteroatoms. The second kappa shape index (κ2) is 43.9. The molecule has 12 rings (SSSR count). The zero-order valence-corrected chi connectivity index (χ0v) is 83.9. The van der Waals surface area contributed by atoms with E-state index in [0.29, 0.717) is 5.92 Å². The van der Waals surface area contributed by atoms with E-state index in [2.05, 4.69) is 145 Å². The second-order valence-electron chi connectivity index (χ2n) is 45.7. The lowest BCUT2D eigenvalue weighted by Crippen LogP contribution is -2.60. The van der Waals surface area contributed by atoms with Crippen LogP contribution in [0.2, 0.25) is 0 Å². The van der Waals surface area contributed by atoms with Gasteiger partial charge in [0, 0.05) is 66.5 Å². The first-order valence-electron chi connectivity index (χ1n) is 47.1. The van der Waals surface area contributed by atoms with Crippen LogP contribution in [-0.4, -0.2) is 168 Å². The van der Waals surface area contributed by atoms with Crippen LogP contribution in [0.5, 0.6) is 0 Å². The predicted molar refractivity (Wildman–Crippen MR) is 502 cm³/mol. The minimum atomic E-state index is -3.43. The fourth-order valence-electron chi connectivity index (χ4n) is 21.0. The third-order valence-corrected chi connectivity index (χ3v) is 30.4. The van der Waals surface area contributed by atoms with Crippen molar-refractivity contribution >= 4 is 7.60 Å². The van der Waals surface area contributed by atoms with Gasteiger partial charge in [0.15, 0.2) is 0 Å². The van der Waals surface area contributed by atoms with Crippen molar-refractivity contribution in [2.24, 2.45) is 11.3 Å². The first-order valence-corrected chi connectivity index (χ1v) is 48.7. The summed E-state index contributed by atoms with van der Waals surface area (Å²) in [4.78, 5) is 0. The molecule has 8 N–H and O–H groups in total. The Morgan fingerprint density at radius 2 is 0.598 bits per heavy atom. The van der Waals surface area contributed by atoms with Crippen LogP contribution in [0.25, 0.3) is 0 Å². The summed E-state index contributed by atoms with van der Waals surface area (Å²) in [6.07, 6.45) is 33.3. The molecule has 0 bridgehead atoms. The van der Waals surface area contributed by atoms with E-state index in [4.69, 9.17) is 9.05 Å². The van der Waals surface area contributed by atoms with Gasteiger partial charge in [-0.25, -0.2) is 0 Å². The van der Waals surface area contributed by atoms with Gasteiger partial charge in [0.1, 0.15) is 5.78 Å². The van der Waals surface area contributed by atoms with Crippen LogP contribution in [0, 0.1) is 11.3 Å². The van der Waals surface area contributed by atoms with E-state index >= 15 is 0 Å². The van der Waals surface area contributed by atoms with Gasteiger partial charge in [0.2, 0.25) is 0 Å². The highest BCUT2D eigenvalue weighted by Gasteiger charge is 2.57. The molecule has 4 unspecified atom stereocenters. The van der Waals surface area contributed by atoms with Crippen molar-refractivity contribution in [3.63, 3.8) is 0 Å². The maximum Gasteiger partial charge on any atom is 0.350 e. The van der Waals surface area contributed by atoms with Crippen molar-refractivity contribution in [3.05, 3.63) is 143 Å². The second-order valence-corrected chi connectivity index (χ2v) is 47.8. The molecule has 3 aliphatic carbocycles. The van der Waals surface area contributed by atoms with E-state index in [-0.39, 0.29) is 80.2 Å². The fourth-order valence-corrected chi connectivity index (χ4v) is 23.6. The maximum absolute atomic E-state index is 13.0. The molecule has 122 heavy (non-hydrogen) atoms. The largest absolute Gasteiger partial charge is 0.350 e. The molecular formula is C102H181N8O11P. The molecular weight excluding hydrogens is 1540 g/mol. The van der Waals surface area contributed by atoms with E-state index < -0.39 is 35.4 Å². The van der Waals surface area contributed by atoms with Crippen molar-refractivity contribution in [1.29, 1.82) is 0 Å². The number of nitrogens with zero attached hydrogens (tertiary/aromatic N) is 8. The highest BCUT2D eigenvalue weighted by Crippen LogP contribution is 2.61. The topological polar surface area (TPSA) is 223 Å². The van der Waals surface area contributed by atoms with Crippen molar-refractivity contribution in [2.75, 3.05) is 13.2 Å². The molecule has 0 radical (unpaired) electrons. The summed E-state index contributed by atoms with van der Waals surface area (Å²) in [5.41, 5.74) is 3.16. The Hall–Kier alpha value is -3.61. The first kappa shape index (κ1) is 109. The highest BCUT2D eigenvalue weighted by atomic mass is 31.2. The highest BCUT2D eigenvalue weighted by molar-refractivity contribution is 7.54. The van der Waals surface area contributed by atoms with Gasteiger partial charge < -0.3 is 50.7 Å². The summed E-state index contributed by atoms with van der Waals surface area (Å²) in [5.74, 6) is -0.355. The normalized spacial score (nSPS) is 24.5. The molecule has 3 spiro atoms. The average Bonchev–Trinajstić information content (AvgIpc) is 1.54. The standard InChI is InChI=1S/C22H21NO.C14H23NO.C13H30NO4P.C13H25NO.C12H23NO.C11H21NO.C9H19NO.C8H19NO/c1-21(17-11-5-3-6-12-17)19-15-9-10-16-20(19)22(2,23(21)24)18-13-7-4-8-14-18;1-11(2)13(15(16)14(3,4)5)12-9-7-6-8-10-12;1-9-17-19(16,18-10-2)11(12(3,4)5)14(15)13(6,7)8;1-12(2)8-7-11-13(14(12)15)9-5-3-4-6-10-13;1-11(2)7-6-10-12(13(11)14)8-4-3-5-9-12;1-10(2)6-5-9-11(12(10)13)7-3-4-8-11;1-8(2)6-5-7-9(3,4)10(8)11;1-7(2,3)9(10)8(4,5)6/h3-16,24H,1-2H3;6-11,13,16H,1-5H3;11,15H,9-10H2,1-8H3;15H,3-11H2,1-2H3;14H,3-10H2,1-2H3;13H,3-9H2,1-2H3;11H,5-7H2,1-4H3;10H,1-6H3. The summed E-state index contributed by atoms with van der Waals surface area (Å²) in [6, 6.07) is 39.0. The van der Waals surface area contributed by atoms with Crippen molar-refractivity contribution in [3.8, 4) is 0 Å². The van der Waals surface area contributed by atoms with Crippen LogP contribution < -0.4 is 0 Å². The van der Waals surface area contributed by atoms with Gasteiger partial charge >= 0.3 is 7.60 Å². The Balaban J connectivity index is 0.000000251. The van der Waals surface area contributed by atoms with E-state index in [1.165, 1.54) is 162 Å². The summed E-state index contributed by atoms with van der Waals surface area (Å²) in [7, 11) is -3.43. The zero-order chi connectivity index (χ0) is 92.6. The lowest BCUT2D eigenvalue weighted by atomic mass is 9.72. The average molecular weight is 1730 g/mol. The minimum Gasteiger partial charge on any atom is -0.313 e. The molecule has 3 saturated carbocycles. The number of rotatable bonds is 11. The van der Waals surface area contributed by atoms with Crippen LogP contribution in [0.4, 0.5) is 0 Å². The van der Waals surface area contributed by atoms with Crippen molar-refractivity contribution < 1.29 is 55.3 Å². The first-order chi connectivity index (χ1) is 56.1. The monoisotopic (exact) mass is 1730 g/mol. The Bertz CT molecular complexity index is 3610. The molecule has 4 aromatic carbocycles. The summed E-state index contributed by atoms with van der Waals surface area (Å²) >= 11 is 0. The SMILES string of the molecule is CC(C)(C)N(O)C(C)(C)C.CC(C)C(c1ccccc1)N(O)C(C)(C)C.CC1(C)CCCC(C)(C)N1O.CC1(C)CCCC2(CCCC2)N1O.CC1(C)CCCC2(CCCCC2)N1O.CC1(C)CCCC2(CCCCCC2)N1O.CC1(c2ccccc2)c2ccccc2C(C)(c2ccccc2)N1O.CCOP(=O)(OCC)C(N(O)C(C)(C)C)C(C)(C)C. The molecule has 0 aromatic heterocycles. The van der Waals surface area contributed by atoms with Crippen molar-refractivity contribution in [1.82, 2.24) is 40.5 Å². The molecule has 4 aromatic rings. The van der Waals surface area contributed by atoms with E-state index in [9.17, 15) is 46.2 Å². The molecule has 7 fully saturated rings. The Morgan fingerprint density at radius 1 is 0.344 bits per heavy atom. The number of benzene rings is 4. The molecule has 19 nitrogen and oxygen atoms in total. The molecule has 5 aliphatic heterocycles. The van der Waals surface area contributed by atoms with Crippen molar-refractivity contribution in [2.45, 2.75) is 477 Å². The van der Waals surface area contributed by atoms with Crippen LogP contribution in [-0.2, 0) is 24.7 Å². The minimum absolute atomic E-state index is 0.00257. The van der Waals surface area contributed by atoms with Gasteiger partial charge in [-0.2, -0.15) is 40.5 Å². The Labute approximate surface area is 744 Å². The predicted octanol–water partition coefficient (Wildman–Crippen LogP) is 27.6. The molecule has 5 heterocycles. The van der Waals surface area contributed by atoms with E-state index in [0.717, 1.165) is 65.0 Å². The molecule has 4 atom stereocenters. The Morgan fingerprint density at radius 3 is 0.852 bits per heavy atom. The number of fused-ring (bicyclic) bond motifs is 1. The lowest BCUT2D eigenvalue weighted by molar-refractivity contribution is -0.260. The van der Waals surface area contributed by atoms with Crippen LogP contribution in [0.15, 0.2) is 115 Å². The third kappa shape index (κ3) is 27.5. The number of hydrogen-bond donors (Lipinski definition) is 8. The van der Waals surface area contributed by atoms with E-state index in [1.54, 1.807) is 29.0 Å². The smallest absolute Gasteiger partial charge is 0.313 e. The molecule has 8 aliphatic rings.